The fourth-order valence-corrected chi connectivity index (χ4v) is 2.26. The number of hydrazone groups is 1. The molecule has 0 radical (unpaired) electrons. The summed E-state index contributed by atoms with van der Waals surface area (Å²) in [4.78, 5) is 22.3. The summed E-state index contributed by atoms with van der Waals surface area (Å²) in [5.41, 5.74) is 2.80. The van der Waals surface area contributed by atoms with Gasteiger partial charge >= 0.3 is 5.97 Å². The molecule has 0 heterocycles. The molecule has 0 aliphatic rings. The molecule has 0 atom stereocenters. The van der Waals surface area contributed by atoms with Crippen molar-refractivity contribution >= 4 is 41.3 Å². The number of carbonyl (C=O) groups excluding carboxylic acids is 1. The van der Waals surface area contributed by atoms with E-state index in [-0.39, 0.29) is 6.61 Å². The molecule has 0 unspecified atom stereocenters. The van der Waals surface area contributed by atoms with E-state index in [1.54, 1.807) is 36.4 Å². The Morgan fingerprint density at radius 2 is 1.81 bits per heavy atom. The molecule has 0 fully saturated rings. The first-order valence-corrected chi connectivity index (χ1v) is 8.04. The van der Waals surface area contributed by atoms with Crippen molar-refractivity contribution in [1.82, 2.24) is 5.43 Å². The first-order valence-electron chi connectivity index (χ1n) is 7.29. The maximum absolute atomic E-state index is 11.8. The molecule has 2 aromatic carbocycles. The quantitative estimate of drug-likeness (QED) is 0.527. The number of hydrogen-bond donors (Lipinski definition) is 2. The SMILES string of the molecule is O=C(O)COc1ccccc1/C=N/NC(=O)COc1ccc(Cl)cc1Cl. The number of aliphatic carboxylic acids is 1. The lowest BCUT2D eigenvalue weighted by Crippen LogP contribution is -2.24. The first kappa shape index (κ1) is 19.6. The number of nitrogens with one attached hydrogen (secondary N) is 1. The van der Waals surface area contributed by atoms with E-state index in [1.807, 2.05) is 0 Å². The van der Waals surface area contributed by atoms with Crippen LogP contribution >= 0.6 is 23.2 Å². The highest BCUT2D eigenvalue weighted by Gasteiger charge is 2.07. The molecule has 0 saturated carbocycles. The lowest BCUT2D eigenvalue weighted by molar-refractivity contribution is -0.139. The van der Waals surface area contributed by atoms with Gasteiger partial charge in [0.1, 0.15) is 11.5 Å². The Hall–Kier alpha value is -2.77. The van der Waals surface area contributed by atoms with Gasteiger partial charge in [-0.3, -0.25) is 4.79 Å². The molecule has 2 rings (SSSR count). The monoisotopic (exact) mass is 396 g/mol. The van der Waals surface area contributed by atoms with Crippen LogP contribution in [0.1, 0.15) is 5.56 Å². The van der Waals surface area contributed by atoms with Gasteiger partial charge in [0.25, 0.3) is 5.91 Å². The minimum absolute atomic E-state index is 0.290. The van der Waals surface area contributed by atoms with Crippen LogP contribution in [0, 0.1) is 0 Å². The van der Waals surface area contributed by atoms with Crippen molar-refractivity contribution in [3.8, 4) is 11.5 Å². The van der Waals surface area contributed by atoms with Crippen molar-refractivity contribution in [2.75, 3.05) is 13.2 Å². The van der Waals surface area contributed by atoms with Gasteiger partial charge in [-0.1, -0.05) is 35.3 Å². The van der Waals surface area contributed by atoms with Gasteiger partial charge in [0.05, 0.1) is 11.2 Å². The third-order valence-corrected chi connectivity index (χ3v) is 3.45. The van der Waals surface area contributed by atoms with E-state index in [4.69, 9.17) is 37.8 Å². The molecule has 2 aromatic rings. The Balaban J connectivity index is 1.88. The van der Waals surface area contributed by atoms with E-state index in [9.17, 15) is 9.59 Å². The molecule has 2 N–H and O–H groups in total. The predicted molar refractivity (Wildman–Crippen MR) is 97.3 cm³/mol. The molecule has 0 aliphatic carbocycles. The van der Waals surface area contributed by atoms with Gasteiger partial charge in [0.15, 0.2) is 13.2 Å². The number of benzene rings is 2. The average molecular weight is 397 g/mol. The van der Waals surface area contributed by atoms with Crippen molar-refractivity contribution in [2.45, 2.75) is 0 Å². The number of para-hydroxylation sites is 1. The van der Waals surface area contributed by atoms with Crippen LogP contribution in [0.3, 0.4) is 0 Å². The van der Waals surface area contributed by atoms with E-state index in [0.29, 0.717) is 27.1 Å². The van der Waals surface area contributed by atoms with Crippen LogP contribution < -0.4 is 14.9 Å². The van der Waals surface area contributed by atoms with Crippen LogP contribution in [0.5, 0.6) is 11.5 Å². The Morgan fingerprint density at radius 1 is 1.08 bits per heavy atom. The van der Waals surface area contributed by atoms with Gasteiger partial charge < -0.3 is 14.6 Å². The van der Waals surface area contributed by atoms with E-state index in [1.165, 1.54) is 12.3 Å². The van der Waals surface area contributed by atoms with E-state index in [2.05, 4.69) is 10.5 Å². The molecular weight excluding hydrogens is 383 g/mol. The van der Waals surface area contributed by atoms with Gasteiger partial charge in [-0.05, 0) is 30.3 Å². The van der Waals surface area contributed by atoms with Crippen LogP contribution in [0.2, 0.25) is 10.0 Å². The summed E-state index contributed by atoms with van der Waals surface area (Å²) in [6.45, 7) is -0.775. The van der Waals surface area contributed by atoms with Gasteiger partial charge in [-0.2, -0.15) is 5.10 Å². The van der Waals surface area contributed by atoms with Crippen LogP contribution in [-0.4, -0.2) is 36.4 Å². The zero-order valence-corrected chi connectivity index (χ0v) is 14.8. The summed E-state index contributed by atoms with van der Waals surface area (Å²) >= 11 is 11.7. The van der Waals surface area contributed by atoms with E-state index in [0.717, 1.165) is 0 Å². The Kier molecular flexibility index (Phi) is 7.25. The Labute approximate surface area is 159 Å². The van der Waals surface area contributed by atoms with Crippen molar-refractivity contribution < 1.29 is 24.2 Å². The standard InChI is InChI=1S/C17H14Cl2N2O5/c18-12-5-6-15(13(19)7-12)25-9-16(22)21-20-8-11-3-1-2-4-14(11)26-10-17(23)24/h1-8H,9-10H2,(H,21,22)(H,23,24)/b20-8+. The van der Waals surface area contributed by atoms with Crippen LogP contribution in [0.15, 0.2) is 47.6 Å². The minimum atomic E-state index is -1.09. The van der Waals surface area contributed by atoms with Gasteiger partial charge in [0.2, 0.25) is 0 Å². The molecule has 0 aromatic heterocycles. The van der Waals surface area contributed by atoms with Crippen molar-refractivity contribution in [3.63, 3.8) is 0 Å². The third kappa shape index (κ3) is 6.27. The van der Waals surface area contributed by atoms with Gasteiger partial charge in [0, 0.05) is 10.6 Å². The highest BCUT2D eigenvalue weighted by molar-refractivity contribution is 6.35. The fourth-order valence-electron chi connectivity index (χ4n) is 1.80. The second-order valence-electron chi connectivity index (χ2n) is 4.88. The van der Waals surface area contributed by atoms with E-state index < -0.39 is 18.5 Å². The molecule has 26 heavy (non-hydrogen) atoms. The smallest absolute Gasteiger partial charge is 0.341 e. The number of rotatable bonds is 8. The lowest BCUT2D eigenvalue weighted by atomic mass is 10.2. The number of hydrogen-bond acceptors (Lipinski definition) is 5. The first-order chi connectivity index (χ1) is 12.5. The summed E-state index contributed by atoms with van der Waals surface area (Å²) in [6.07, 6.45) is 1.34. The number of carbonyl (C=O) groups is 2. The Morgan fingerprint density at radius 3 is 2.54 bits per heavy atom. The topological polar surface area (TPSA) is 97.2 Å². The van der Waals surface area contributed by atoms with Crippen LogP contribution in [-0.2, 0) is 9.59 Å². The lowest BCUT2D eigenvalue weighted by Gasteiger charge is -2.07. The van der Waals surface area contributed by atoms with E-state index >= 15 is 0 Å². The number of ether oxygens (including phenoxy) is 2. The fraction of sp³-hybridized carbons (Fsp3) is 0.118. The van der Waals surface area contributed by atoms with Crippen molar-refractivity contribution in [2.24, 2.45) is 5.10 Å². The average Bonchev–Trinajstić information content (AvgIpc) is 2.60. The predicted octanol–water partition coefficient (Wildman–Crippen LogP) is 2.99. The summed E-state index contributed by atoms with van der Waals surface area (Å²) in [6, 6.07) is 11.3. The molecule has 136 valence electrons. The molecule has 9 heteroatoms. The molecule has 7 nitrogen and oxygen atoms in total. The molecule has 1 amide bonds. The summed E-state index contributed by atoms with van der Waals surface area (Å²) < 4.78 is 10.4. The Bertz CT molecular complexity index is 827. The maximum atomic E-state index is 11.8. The number of amides is 1. The number of carboxylic acid groups (broad SMARTS) is 1. The highest BCUT2D eigenvalue weighted by atomic mass is 35.5. The molecule has 0 spiro atoms. The normalized spacial score (nSPS) is 10.5. The zero-order valence-electron chi connectivity index (χ0n) is 13.3. The zero-order chi connectivity index (χ0) is 18.9. The summed E-state index contributed by atoms with van der Waals surface area (Å²) in [7, 11) is 0. The number of carboxylic acids is 1. The summed E-state index contributed by atoms with van der Waals surface area (Å²) in [5, 5.41) is 13.2. The summed E-state index contributed by atoms with van der Waals surface area (Å²) in [5.74, 6) is -0.945. The van der Waals surface area contributed by atoms with Crippen molar-refractivity contribution in [3.05, 3.63) is 58.1 Å². The number of halogens is 2. The third-order valence-electron chi connectivity index (χ3n) is 2.92. The second-order valence-corrected chi connectivity index (χ2v) is 5.72. The van der Waals surface area contributed by atoms with Crippen LogP contribution in [0.25, 0.3) is 0 Å². The molecule has 0 aliphatic heterocycles. The second kappa shape index (κ2) is 9.65. The number of nitrogens with zero attached hydrogens (tertiary/aromatic N) is 1. The maximum Gasteiger partial charge on any atom is 0.341 e. The largest absolute Gasteiger partial charge is 0.482 e. The van der Waals surface area contributed by atoms with Crippen molar-refractivity contribution in [1.29, 1.82) is 0 Å². The molecular formula is C17H14Cl2N2O5. The molecule has 0 saturated heterocycles. The minimum Gasteiger partial charge on any atom is -0.482 e. The van der Waals surface area contributed by atoms with Crippen LogP contribution in [0.4, 0.5) is 0 Å². The molecule has 0 bridgehead atoms. The van der Waals surface area contributed by atoms with Gasteiger partial charge in [-0.25, -0.2) is 10.2 Å². The highest BCUT2D eigenvalue weighted by Crippen LogP contribution is 2.27. The van der Waals surface area contributed by atoms with Gasteiger partial charge in [-0.15, -0.1) is 0 Å².